The van der Waals surface area contributed by atoms with Crippen LogP contribution >= 0.6 is 0 Å². The third kappa shape index (κ3) is 1.94. The van der Waals surface area contributed by atoms with E-state index in [0.717, 1.165) is 22.0 Å². The summed E-state index contributed by atoms with van der Waals surface area (Å²) in [7, 11) is 0. The van der Waals surface area contributed by atoms with Crippen molar-refractivity contribution in [2.75, 3.05) is 5.32 Å². The van der Waals surface area contributed by atoms with Crippen LogP contribution in [0.15, 0.2) is 66.7 Å². The Morgan fingerprint density at radius 2 is 1.62 bits per heavy atom. The number of nitrogens with one attached hydrogen (secondary N) is 1. The SMILES string of the molecule is O=C1OC(Nc2cccc3ccccc23)c2ccccc21. The molecular formula is C18H13NO2. The Labute approximate surface area is 122 Å². The van der Waals surface area contributed by atoms with Crippen LogP contribution in [0.3, 0.4) is 0 Å². The Balaban J connectivity index is 1.75. The largest absolute Gasteiger partial charge is 0.434 e. The molecular weight excluding hydrogens is 262 g/mol. The molecule has 1 atom stereocenters. The lowest BCUT2D eigenvalue weighted by Crippen LogP contribution is -2.10. The molecule has 1 N–H and O–H groups in total. The quantitative estimate of drug-likeness (QED) is 0.715. The normalized spacial score (nSPS) is 16.6. The molecule has 0 radical (unpaired) electrons. The summed E-state index contributed by atoms with van der Waals surface area (Å²) in [5, 5.41) is 5.59. The van der Waals surface area contributed by atoms with Crippen molar-refractivity contribution in [1.82, 2.24) is 0 Å². The van der Waals surface area contributed by atoms with Crippen LogP contribution in [0.2, 0.25) is 0 Å². The topological polar surface area (TPSA) is 38.3 Å². The zero-order valence-electron chi connectivity index (χ0n) is 11.2. The van der Waals surface area contributed by atoms with E-state index in [-0.39, 0.29) is 5.97 Å². The van der Waals surface area contributed by atoms with Gasteiger partial charge in [-0.05, 0) is 17.5 Å². The number of hydrogen-bond donors (Lipinski definition) is 1. The number of esters is 1. The number of rotatable bonds is 2. The van der Waals surface area contributed by atoms with Crippen LogP contribution in [-0.4, -0.2) is 5.97 Å². The van der Waals surface area contributed by atoms with Gasteiger partial charge < -0.3 is 10.1 Å². The molecule has 102 valence electrons. The molecule has 0 spiro atoms. The van der Waals surface area contributed by atoms with E-state index >= 15 is 0 Å². The second-order valence-corrected chi connectivity index (χ2v) is 5.04. The Hall–Kier alpha value is -2.81. The predicted octanol–water partition coefficient (Wildman–Crippen LogP) is 4.12. The van der Waals surface area contributed by atoms with Gasteiger partial charge in [0.05, 0.1) is 5.56 Å². The first-order valence-corrected chi connectivity index (χ1v) is 6.87. The monoisotopic (exact) mass is 275 g/mol. The number of fused-ring (bicyclic) bond motifs is 2. The number of ether oxygens (including phenoxy) is 1. The molecule has 1 unspecified atom stereocenters. The van der Waals surface area contributed by atoms with Gasteiger partial charge >= 0.3 is 5.97 Å². The maximum Gasteiger partial charge on any atom is 0.340 e. The van der Waals surface area contributed by atoms with Gasteiger partial charge in [-0.1, -0.05) is 54.6 Å². The summed E-state index contributed by atoms with van der Waals surface area (Å²) in [5.74, 6) is -0.275. The van der Waals surface area contributed by atoms with E-state index in [4.69, 9.17) is 4.74 Å². The Bertz CT molecular complexity index is 836. The standard InChI is InChI=1S/C18H13NO2/c20-18-15-10-4-3-9-14(15)17(21-18)19-16-11-5-7-12-6-1-2-8-13(12)16/h1-11,17,19H. The highest BCUT2D eigenvalue weighted by Gasteiger charge is 2.30. The Kier molecular flexibility index (Phi) is 2.64. The van der Waals surface area contributed by atoms with Crippen LogP contribution in [-0.2, 0) is 4.74 Å². The molecule has 1 heterocycles. The van der Waals surface area contributed by atoms with E-state index in [2.05, 4.69) is 23.5 Å². The first-order valence-electron chi connectivity index (χ1n) is 6.87. The van der Waals surface area contributed by atoms with Crippen molar-refractivity contribution in [3.63, 3.8) is 0 Å². The fourth-order valence-electron chi connectivity index (χ4n) is 2.75. The lowest BCUT2D eigenvalue weighted by atomic mass is 10.1. The van der Waals surface area contributed by atoms with Gasteiger partial charge in [0.1, 0.15) is 0 Å². The van der Waals surface area contributed by atoms with Crippen LogP contribution in [0.5, 0.6) is 0 Å². The molecule has 0 bridgehead atoms. The summed E-state index contributed by atoms with van der Waals surface area (Å²) in [5.41, 5.74) is 2.48. The first kappa shape index (κ1) is 12.0. The van der Waals surface area contributed by atoms with Crippen molar-refractivity contribution in [3.8, 4) is 0 Å². The van der Waals surface area contributed by atoms with Crippen molar-refractivity contribution in [2.45, 2.75) is 6.23 Å². The van der Waals surface area contributed by atoms with E-state index < -0.39 is 6.23 Å². The molecule has 21 heavy (non-hydrogen) atoms. The fourth-order valence-corrected chi connectivity index (χ4v) is 2.75. The summed E-state index contributed by atoms with van der Waals surface area (Å²) in [6, 6.07) is 21.7. The van der Waals surface area contributed by atoms with Gasteiger partial charge in [0, 0.05) is 16.6 Å². The third-order valence-electron chi connectivity index (χ3n) is 3.76. The molecule has 3 aromatic rings. The Morgan fingerprint density at radius 1 is 0.857 bits per heavy atom. The van der Waals surface area contributed by atoms with Crippen molar-refractivity contribution in [2.24, 2.45) is 0 Å². The molecule has 0 saturated carbocycles. The summed E-state index contributed by atoms with van der Waals surface area (Å²) in [6.07, 6.45) is -0.431. The molecule has 3 heteroatoms. The molecule has 3 aromatic carbocycles. The molecule has 1 aliphatic heterocycles. The van der Waals surface area contributed by atoms with E-state index in [9.17, 15) is 4.79 Å². The number of carbonyl (C=O) groups excluding carboxylic acids is 1. The highest BCUT2D eigenvalue weighted by molar-refractivity contribution is 5.96. The van der Waals surface area contributed by atoms with Crippen LogP contribution < -0.4 is 5.32 Å². The van der Waals surface area contributed by atoms with E-state index in [0.29, 0.717) is 5.56 Å². The highest BCUT2D eigenvalue weighted by atomic mass is 16.6. The lowest BCUT2D eigenvalue weighted by molar-refractivity contribution is 0.0437. The summed E-state index contributed by atoms with van der Waals surface area (Å²) >= 11 is 0. The van der Waals surface area contributed by atoms with Gasteiger partial charge in [-0.15, -0.1) is 0 Å². The minimum Gasteiger partial charge on any atom is -0.434 e. The molecule has 0 aromatic heterocycles. The van der Waals surface area contributed by atoms with Crippen LogP contribution in [0.25, 0.3) is 10.8 Å². The van der Waals surface area contributed by atoms with Crippen LogP contribution in [0.4, 0.5) is 5.69 Å². The summed E-state index contributed by atoms with van der Waals surface area (Å²) in [4.78, 5) is 11.9. The molecule has 0 fully saturated rings. The number of carbonyl (C=O) groups is 1. The molecule has 3 nitrogen and oxygen atoms in total. The third-order valence-corrected chi connectivity index (χ3v) is 3.76. The molecule has 0 saturated heterocycles. The van der Waals surface area contributed by atoms with E-state index in [1.807, 2.05) is 42.5 Å². The Morgan fingerprint density at radius 3 is 2.57 bits per heavy atom. The minimum atomic E-state index is -0.431. The van der Waals surface area contributed by atoms with Gasteiger partial charge in [0.2, 0.25) is 6.23 Å². The van der Waals surface area contributed by atoms with Crippen LogP contribution in [0.1, 0.15) is 22.1 Å². The van der Waals surface area contributed by atoms with Gasteiger partial charge in [0.15, 0.2) is 0 Å². The maximum atomic E-state index is 11.9. The maximum absolute atomic E-state index is 11.9. The average molecular weight is 275 g/mol. The zero-order valence-corrected chi connectivity index (χ0v) is 11.2. The average Bonchev–Trinajstić information content (AvgIpc) is 2.85. The van der Waals surface area contributed by atoms with Gasteiger partial charge in [-0.2, -0.15) is 0 Å². The smallest absolute Gasteiger partial charge is 0.340 e. The lowest BCUT2D eigenvalue weighted by Gasteiger charge is -2.16. The van der Waals surface area contributed by atoms with Crippen molar-refractivity contribution >= 4 is 22.4 Å². The van der Waals surface area contributed by atoms with Gasteiger partial charge in [0.25, 0.3) is 0 Å². The fraction of sp³-hybridized carbons (Fsp3) is 0.0556. The van der Waals surface area contributed by atoms with Crippen molar-refractivity contribution in [3.05, 3.63) is 77.9 Å². The molecule has 0 aliphatic carbocycles. The van der Waals surface area contributed by atoms with Crippen molar-refractivity contribution in [1.29, 1.82) is 0 Å². The summed E-state index contributed by atoms with van der Waals surface area (Å²) < 4.78 is 5.43. The summed E-state index contributed by atoms with van der Waals surface area (Å²) in [6.45, 7) is 0. The number of benzene rings is 3. The number of anilines is 1. The van der Waals surface area contributed by atoms with Gasteiger partial charge in [-0.3, -0.25) is 0 Å². The zero-order chi connectivity index (χ0) is 14.2. The number of cyclic esters (lactones) is 1. The first-order chi connectivity index (χ1) is 10.3. The van der Waals surface area contributed by atoms with Crippen LogP contribution in [0, 0.1) is 0 Å². The minimum absolute atomic E-state index is 0.275. The second kappa shape index (κ2) is 4.63. The second-order valence-electron chi connectivity index (χ2n) is 5.04. The van der Waals surface area contributed by atoms with E-state index in [1.165, 1.54) is 0 Å². The van der Waals surface area contributed by atoms with Crippen molar-refractivity contribution < 1.29 is 9.53 Å². The van der Waals surface area contributed by atoms with E-state index in [1.54, 1.807) is 6.07 Å². The predicted molar refractivity (Wildman–Crippen MR) is 82.2 cm³/mol. The molecule has 4 rings (SSSR count). The highest BCUT2D eigenvalue weighted by Crippen LogP contribution is 2.33. The molecule has 0 amide bonds. The number of hydrogen-bond acceptors (Lipinski definition) is 3. The van der Waals surface area contributed by atoms with Gasteiger partial charge in [-0.25, -0.2) is 4.79 Å². The molecule has 1 aliphatic rings.